The smallest absolute Gasteiger partial charge is 0.246 e. The number of nitrogens with one attached hydrogen (secondary N) is 1. The molecule has 5 rings (SSSR count). The van der Waals surface area contributed by atoms with Gasteiger partial charge in [0.1, 0.15) is 23.8 Å². The Morgan fingerprint density at radius 1 is 1.28 bits per heavy atom. The number of hydrogen-bond acceptors (Lipinski definition) is 7. The molecular formula is C28H30ClN7O3. The molecule has 10 nitrogen and oxygen atoms in total. The first-order valence-electron chi connectivity index (χ1n) is 12.7. The first kappa shape index (κ1) is 26.6. The average Bonchev–Trinajstić information content (AvgIpc) is 3.37. The number of carbonyl (C=O) groups excluding carboxylic acids is 2. The van der Waals surface area contributed by atoms with Gasteiger partial charge >= 0.3 is 0 Å². The summed E-state index contributed by atoms with van der Waals surface area (Å²) in [6.07, 6.45) is 11.4. The van der Waals surface area contributed by atoms with Gasteiger partial charge in [0.15, 0.2) is 10.7 Å². The summed E-state index contributed by atoms with van der Waals surface area (Å²) in [5.41, 5.74) is 9.32. The van der Waals surface area contributed by atoms with Crippen LogP contribution in [0.15, 0.2) is 67.6 Å². The molecule has 39 heavy (non-hydrogen) atoms. The molecule has 1 aliphatic heterocycles. The van der Waals surface area contributed by atoms with Gasteiger partial charge in [-0.05, 0) is 30.6 Å². The number of carbonyl (C=O) groups is 2. The summed E-state index contributed by atoms with van der Waals surface area (Å²) in [5.74, 6) is -0.639. The van der Waals surface area contributed by atoms with E-state index >= 15 is 0 Å². The zero-order valence-corrected chi connectivity index (χ0v) is 22.3. The second-order valence-electron chi connectivity index (χ2n) is 9.57. The van der Waals surface area contributed by atoms with Crippen LogP contribution in [-0.4, -0.2) is 61.7 Å². The first-order valence-corrected chi connectivity index (χ1v) is 13.1. The molecule has 3 N–H and O–H groups in total. The fourth-order valence-corrected chi connectivity index (χ4v) is 5.32. The third-order valence-corrected chi connectivity index (χ3v) is 7.71. The molecule has 11 heteroatoms. The largest absolute Gasteiger partial charge is 0.383 e. The van der Waals surface area contributed by atoms with E-state index in [-0.39, 0.29) is 17.9 Å². The lowest BCUT2D eigenvalue weighted by Crippen LogP contribution is -2.43. The Morgan fingerprint density at radius 3 is 2.82 bits per heavy atom. The van der Waals surface area contributed by atoms with Crippen LogP contribution in [0.5, 0.6) is 0 Å². The third kappa shape index (κ3) is 5.17. The van der Waals surface area contributed by atoms with E-state index in [1.54, 1.807) is 29.2 Å². The maximum Gasteiger partial charge on any atom is 0.246 e. The zero-order valence-electron chi connectivity index (χ0n) is 21.6. The normalized spacial score (nSPS) is 22.7. The summed E-state index contributed by atoms with van der Waals surface area (Å²) < 4.78 is 7.22. The van der Waals surface area contributed by atoms with Gasteiger partial charge in [0.25, 0.3) is 0 Å². The maximum atomic E-state index is 12.8. The zero-order chi connectivity index (χ0) is 27.6. The van der Waals surface area contributed by atoms with Crippen molar-refractivity contribution >= 4 is 40.3 Å². The predicted octanol–water partition coefficient (Wildman–Crippen LogP) is 3.36. The van der Waals surface area contributed by atoms with Crippen LogP contribution < -0.4 is 11.1 Å². The summed E-state index contributed by atoms with van der Waals surface area (Å²) >= 11 is 6.47. The summed E-state index contributed by atoms with van der Waals surface area (Å²) in [5, 5.41) is 7.30. The maximum absolute atomic E-state index is 12.8. The van der Waals surface area contributed by atoms with Gasteiger partial charge in [-0.15, -0.1) is 0 Å². The van der Waals surface area contributed by atoms with Crippen LogP contribution in [0, 0.1) is 5.92 Å². The number of likely N-dealkylation sites (tertiary alicyclic amines) is 1. The lowest BCUT2D eigenvalue weighted by Gasteiger charge is -2.32. The van der Waals surface area contributed by atoms with E-state index in [0.717, 1.165) is 24.0 Å². The lowest BCUT2D eigenvalue weighted by atomic mass is 9.95. The van der Waals surface area contributed by atoms with Crippen molar-refractivity contribution in [3.8, 4) is 11.3 Å². The standard InChI is InChI=1S/C28H30ClN7O3/c1-3-22(37)35-14-6-7-20(16-35)36-26-23(25(30)32-17-33-26)24(34-36)19-11-9-18(10-12-19)15-31-27(38)21-8-4-5-13-28(21,29)39-2/h3-5,8-13,17,20-21H,1,6-7,14-16H2,2H3,(H,31,38)(H2,30,32,33)/t20-,21?,28?/m1/s1. The van der Waals surface area contributed by atoms with Crippen LogP contribution in [0.1, 0.15) is 24.4 Å². The first-order chi connectivity index (χ1) is 18.8. The van der Waals surface area contributed by atoms with E-state index in [4.69, 9.17) is 27.2 Å². The molecule has 1 aromatic carbocycles. The van der Waals surface area contributed by atoms with E-state index in [1.807, 2.05) is 28.9 Å². The van der Waals surface area contributed by atoms with Crippen molar-refractivity contribution in [1.82, 2.24) is 30.0 Å². The highest BCUT2D eigenvalue weighted by atomic mass is 35.5. The number of nitrogens with zero attached hydrogens (tertiary/aromatic N) is 5. The summed E-state index contributed by atoms with van der Waals surface area (Å²) in [6, 6.07) is 7.66. The van der Waals surface area contributed by atoms with Gasteiger partial charge < -0.3 is 20.7 Å². The van der Waals surface area contributed by atoms with Crippen molar-refractivity contribution in [1.29, 1.82) is 0 Å². The summed E-state index contributed by atoms with van der Waals surface area (Å²) in [7, 11) is 1.48. The lowest BCUT2D eigenvalue weighted by molar-refractivity contribution is -0.128. The number of rotatable bonds is 7. The van der Waals surface area contributed by atoms with Crippen LogP contribution in [0.4, 0.5) is 5.82 Å². The highest BCUT2D eigenvalue weighted by Crippen LogP contribution is 2.34. The van der Waals surface area contributed by atoms with Crippen LogP contribution in [0.2, 0.25) is 0 Å². The van der Waals surface area contributed by atoms with Gasteiger partial charge in [-0.25, -0.2) is 14.6 Å². The highest BCUT2D eigenvalue weighted by Gasteiger charge is 2.39. The number of ether oxygens (including phenoxy) is 1. The van der Waals surface area contributed by atoms with Gasteiger partial charge in [-0.3, -0.25) is 9.59 Å². The number of anilines is 1. The SMILES string of the molecule is C=CC(=O)N1CCC[C@@H](n2nc(-c3ccc(CNC(=O)C4C=CC=CC4(Cl)OC)cc3)c3c(N)ncnc32)C1. The number of hydrogen-bond donors (Lipinski definition) is 2. The molecule has 2 unspecified atom stereocenters. The molecule has 3 aromatic rings. The van der Waals surface area contributed by atoms with Crippen molar-refractivity contribution in [2.45, 2.75) is 30.5 Å². The van der Waals surface area contributed by atoms with Crippen LogP contribution in [0.3, 0.4) is 0 Å². The highest BCUT2D eigenvalue weighted by molar-refractivity contribution is 6.26. The topological polar surface area (TPSA) is 128 Å². The van der Waals surface area contributed by atoms with Gasteiger partial charge in [0.2, 0.25) is 11.8 Å². The number of amides is 2. The molecule has 0 saturated carbocycles. The molecule has 2 aliphatic rings. The number of nitrogens with two attached hydrogens (primary N) is 1. The molecule has 2 amide bonds. The Hall–Kier alpha value is -4.02. The number of alkyl halides is 1. The van der Waals surface area contributed by atoms with Crippen molar-refractivity contribution in [3.05, 3.63) is 73.1 Å². The molecule has 0 radical (unpaired) electrons. The molecule has 1 saturated heterocycles. The van der Waals surface area contributed by atoms with E-state index in [1.165, 1.54) is 19.5 Å². The molecule has 1 fully saturated rings. The van der Waals surface area contributed by atoms with Crippen LogP contribution in [0.25, 0.3) is 22.3 Å². The second-order valence-corrected chi connectivity index (χ2v) is 10.2. The second kappa shape index (κ2) is 11.0. The fourth-order valence-electron chi connectivity index (χ4n) is 5.07. The van der Waals surface area contributed by atoms with Crippen molar-refractivity contribution in [2.24, 2.45) is 5.92 Å². The Balaban J connectivity index is 1.37. The molecule has 202 valence electrons. The number of allylic oxidation sites excluding steroid dienone is 2. The monoisotopic (exact) mass is 547 g/mol. The quantitative estimate of drug-likeness (QED) is 0.343. The van der Waals surface area contributed by atoms with Gasteiger partial charge in [0, 0.05) is 32.3 Å². The summed E-state index contributed by atoms with van der Waals surface area (Å²) in [4.78, 5) is 35.5. The Morgan fingerprint density at radius 2 is 2.08 bits per heavy atom. The van der Waals surface area contributed by atoms with Gasteiger partial charge in [0.05, 0.1) is 11.4 Å². The number of piperidine rings is 1. The number of fused-ring (bicyclic) bond motifs is 1. The van der Waals surface area contributed by atoms with Gasteiger partial charge in [-0.2, -0.15) is 5.10 Å². The Bertz CT molecular complexity index is 1470. The van der Waals surface area contributed by atoms with E-state index in [2.05, 4.69) is 21.9 Å². The molecule has 1 aliphatic carbocycles. The third-order valence-electron chi connectivity index (χ3n) is 7.20. The minimum Gasteiger partial charge on any atom is -0.383 e. The average molecular weight is 548 g/mol. The number of halogens is 1. The van der Waals surface area contributed by atoms with E-state index in [0.29, 0.717) is 42.2 Å². The Labute approximate surface area is 231 Å². The molecule has 3 atom stereocenters. The number of nitrogen functional groups attached to an aromatic ring is 1. The van der Waals surface area contributed by atoms with Crippen molar-refractivity contribution in [3.63, 3.8) is 0 Å². The Kier molecular flexibility index (Phi) is 7.49. The van der Waals surface area contributed by atoms with Crippen LogP contribution >= 0.6 is 11.6 Å². The molecule has 0 bridgehead atoms. The molecule has 0 spiro atoms. The van der Waals surface area contributed by atoms with Gasteiger partial charge in [-0.1, -0.05) is 60.7 Å². The number of methoxy groups -OCH3 is 1. The van der Waals surface area contributed by atoms with Crippen molar-refractivity contribution in [2.75, 3.05) is 25.9 Å². The van der Waals surface area contributed by atoms with Crippen molar-refractivity contribution < 1.29 is 14.3 Å². The fraction of sp³-hybridized carbons (Fsp3) is 0.321. The minimum atomic E-state index is -1.21. The van der Waals surface area contributed by atoms with E-state index < -0.39 is 11.0 Å². The molecular weight excluding hydrogens is 518 g/mol. The predicted molar refractivity (Wildman–Crippen MR) is 149 cm³/mol. The number of aromatic nitrogens is 4. The minimum absolute atomic E-state index is 0.0486. The molecule has 2 aromatic heterocycles. The van der Waals surface area contributed by atoms with Crippen LogP contribution in [-0.2, 0) is 20.9 Å². The molecule has 3 heterocycles. The summed E-state index contributed by atoms with van der Waals surface area (Å²) in [6.45, 7) is 5.13. The van der Waals surface area contributed by atoms with E-state index in [9.17, 15) is 9.59 Å². The number of benzene rings is 1.